The first-order valence-corrected chi connectivity index (χ1v) is 7.15. The minimum atomic E-state index is -3.77. The zero-order chi connectivity index (χ0) is 13.9. The molecule has 0 atom stereocenters. The number of aromatic nitrogens is 2. The third-order valence-corrected chi connectivity index (χ3v) is 3.58. The molecular weight excluding hydrogens is 266 g/mol. The third-order valence-electron chi connectivity index (χ3n) is 2.59. The molecule has 1 heterocycles. The molecule has 0 fully saturated rings. The summed E-state index contributed by atoms with van der Waals surface area (Å²) in [5, 5.41) is 8.17. The molecule has 7 nitrogen and oxygen atoms in total. The SMILES string of the molecule is Nc1cc(NCCc2cnc[nH]2)ccc1S(N)(=O)=O. The van der Waals surface area contributed by atoms with Gasteiger partial charge in [0, 0.05) is 30.5 Å². The van der Waals surface area contributed by atoms with Crippen molar-refractivity contribution in [1.29, 1.82) is 0 Å². The number of sulfonamides is 1. The van der Waals surface area contributed by atoms with Gasteiger partial charge in [0.1, 0.15) is 4.90 Å². The molecule has 19 heavy (non-hydrogen) atoms. The number of nitrogens with zero attached hydrogens (tertiary/aromatic N) is 1. The lowest BCUT2D eigenvalue weighted by molar-refractivity contribution is 0.598. The van der Waals surface area contributed by atoms with Crippen molar-refractivity contribution >= 4 is 21.4 Å². The van der Waals surface area contributed by atoms with Crippen LogP contribution in [-0.2, 0) is 16.4 Å². The number of imidazole rings is 1. The molecule has 0 bridgehead atoms. The van der Waals surface area contributed by atoms with Crippen molar-refractivity contribution in [2.75, 3.05) is 17.6 Å². The maximum atomic E-state index is 11.2. The van der Waals surface area contributed by atoms with Gasteiger partial charge in [-0.1, -0.05) is 0 Å². The summed E-state index contributed by atoms with van der Waals surface area (Å²) < 4.78 is 22.4. The van der Waals surface area contributed by atoms with Crippen LogP contribution in [-0.4, -0.2) is 24.9 Å². The van der Waals surface area contributed by atoms with Crippen LogP contribution < -0.4 is 16.2 Å². The lowest BCUT2D eigenvalue weighted by Crippen LogP contribution is -2.14. The number of nitrogens with one attached hydrogen (secondary N) is 2. The average Bonchev–Trinajstić information content (AvgIpc) is 2.80. The lowest BCUT2D eigenvalue weighted by Gasteiger charge is -2.08. The van der Waals surface area contributed by atoms with Gasteiger partial charge in [-0.25, -0.2) is 18.5 Å². The highest BCUT2D eigenvalue weighted by Crippen LogP contribution is 2.21. The van der Waals surface area contributed by atoms with Crippen molar-refractivity contribution in [3.63, 3.8) is 0 Å². The molecule has 0 aliphatic carbocycles. The summed E-state index contributed by atoms with van der Waals surface area (Å²) in [4.78, 5) is 6.85. The number of hydrogen-bond acceptors (Lipinski definition) is 5. The quantitative estimate of drug-likeness (QED) is 0.586. The summed E-state index contributed by atoms with van der Waals surface area (Å²) in [7, 11) is -3.77. The van der Waals surface area contributed by atoms with Gasteiger partial charge in [0.05, 0.1) is 12.0 Å². The number of rotatable bonds is 5. The fourth-order valence-corrected chi connectivity index (χ4v) is 2.33. The van der Waals surface area contributed by atoms with Gasteiger partial charge in [-0.3, -0.25) is 0 Å². The van der Waals surface area contributed by atoms with Gasteiger partial charge in [-0.2, -0.15) is 0 Å². The lowest BCUT2D eigenvalue weighted by atomic mass is 10.2. The van der Waals surface area contributed by atoms with Gasteiger partial charge in [0.25, 0.3) is 0 Å². The molecule has 1 aromatic carbocycles. The van der Waals surface area contributed by atoms with Crippen molar-refractivity contribution in [3.05, 3.63) is 36.4 Å². The van der Waals surface area contributed by atoms with Gasteiger partial charge in [-0.05, 0) is 18.2 Å². The monoisotopic (exact) mass is 281 g/mol. The van der Waals surface area contributed by atoms with E-state index in [2.05, 4.69) is 15.3 Å². The molecule has 2 aromatic rings. The number of benzene rings is 1. The van der Waals surface area contributed by atoms with E-state index in [1.54, 1.807) is 24.7 Å². The van der Waals surface area contributed by atoms with E-state index in [0.717, 1.165) is 17.8 Å². The van der Waals surface area contributed by atoms with E-state index in [4.69, 9.17) is 10.9 Å². The standard InChI is InChI=1S/C11H15N5O2S/c12-10-5-8(1-2-11(10)19(13,17)18)15-4-3-9-6-14-7-16-9/h1-2,5-7,15H,3-4,12H2,(H,14,16)(H2,13,17,18). The molecule has 6 N–H and O–H groups in total. The Hall–Kier alpha value is -2.06. The Morgan fingerprint density at radius 3 is 2.74 bits per heavy atom. The summed E-state index contributed by atoms with van der Waals surface area (Å²) in [6, 6.07) is 4.57. The zero-order valence-corrected chi connectivity index (χ0v) is 10.9. The van der Waals surface area contributed by atoms with Gasteiger partial charge >= 0.3 is 0 Å². The smallest absolute Gasteiger partial charge is 0.240 e. The van der Waals surface area contributed by atoms with E-state index in [-0.39, 0.29) is 10.6 Å². The average molecular weight is 281 g/mol. The third kappa shape index (κ3) is 3.46. The molecule has 0 spiro atoms. The first-order chi connectivity index (χ1) is 8.97. The van der Waals surface area contributed by atoms with Crippen molar-refractivity contribution in [1.82, 2.24) is 9.97 Å². The van der Waals surface area contributed by atoms with Crippen molar-refractivity contribution < 1.29 is 8.42 Å². The van der Waals surface area contributed by atoms with E-state index in [9.17, 15) is 8.42 Å². The second kappa shape index (κ2) is 5.29. The molecule has 0 saturated carbocycles. The van der Waals surface area contributed by atoms with E-state index in [1.807, 2.05) is 0 Å². The number of hydrogen-bond donors (Lipinski definition) is 4. The van der Waals surface area contributed by atoms with Crippen LogP contribution in [0.2, 0.25) is 0 Å². The molecule has 0 aliphatic heterocycles. The number of nitrogen functional groups attached to an aromatic ring is 1. The molecule has 0 radical (unpaired) electrons. The van der Waals surface area contributed by atoms with E-state index >= 15 is 0 Å². The Labute approximate surface area is 111 Å². The van der Waals surface area contributed by atoms with E-state index in [0.29, 0.717) is 6.54 Å². The van der Waals surface area contributed by atoms with Crippen LogP contribution in [0.4, 0.5) is 11.4 Å². The van der Waals surface area contributed by atoms with Crippen molar-refractivity contribution in [2.45, 2.75) is 11.3 Å². The largest absolute Gasteiger partial charge is 0.398 e. The molecular formula is C11H15N5O2S. The van der Waals surface area contributed by atoms with Crippen molar-refractivity contribution in [3.8, 4) is 0 Å². The molecule has 0 unspecified atom stereocenters. The van der Waals surface area contributed by atoms with Crippen LogP contribution in [0.5, 0.6) is 0 Å². The topological polar surface area (TPSA) is 127 Å². The maximum absolute atomic E-state index is 11.2. The van der Waals surface area contributed by atoms with Crippen LogP contribution >= 0.6 is 0 Å². The van der Waals surface area contributed by atoms with Crippen LogP contribution in [0.15, 0.2) is 35.6 Å². The van der Waals surface area contributed by atoms with Crippen LogP contribution in [0.25, 0.3) is 0 Å². The van der Waals surface area contributed by atoms with Gasteiger partial charge in [-0.15, -0.1) is 0 Å². The molecule has 2 rings (SSSR count). The summed E-state index contributed by atoms with van der Waals surface area (Å²) >= 11 is 0. The number of primary sulfonamides is 1. The molecule has 0 aliphatic rings. The fourth-order valence-electron chi connectivity index (χ4n) is 1.68. The second-order valence-corrected chi connectivity index (χ2v) is 5.58. The van der Waals surface area contributed by atoms with Gasteiger partial charge < -0.3 is 16.0 Å². The van der Waals surface area contributed by atoms with E-state index < -0.39 is 10.0 Å². The number of aromatic amines is 1. The van der Waals surface area contributed by atoms with Crippen LogP contribution in [0, 0.1) is 0 Å². The normalized spacial score (nSPS) is 11.4. The first kappa shape index (κ1) is 13.4. The maximum Gasteiger partial charge on any atom is 0.240 e. The van der Waals surface area contributed by atoms with Crippen LogP contribution in [0.3, 0.4) is 0 Å². The van der Waals surface area contributed by atoms with Gasteiger partial charge in [0.2, 0.25) is 10.0 Å². The summed E-state index contributed by atoms with van der Waals surface area (Å²) in [6.07, 6.45) is 4.14. The Bertz CT molecular complexity index is 652. The number of anilines is 2. The second-order valence-electron chi connectivity index (χ2n) is 4.05. The highest BCUT2D eigenvalue weighted by molar-refractivity contribution is 7.89. The number of H-pyrrole nitrogens is 1. The predicted molar refractivity (Wildman–Crippen MR) is 73.0 cm³/mol. The molecule has 0 saturated heterocycles. The Morgan fingerprint density at radius 1 is 1.37 bits per heavy atom. The number of nitrogens with two attached hydrogens (primary N) is 2. The Kier molecular flexibility index (Phi) is 3.72. The van der Waals surface area contributed by atoms with E-state index in [1.165, 1.54) is 6.07 Å². The Balaban J connectivity index is 2.00. The zero-order valence-electron chi connectivity index (χ0n) is 10.1. The van der Waals surface area contributed by atoms with Crippen molar-refractivity contribution in [2.24, 2.45) is 5.14 Å². The molecule has 102 valence electrons. The molecule has 0 amide bonds. The highest BCUT2D eigenvalue weighted by atomic mass is 32.2. The summed E-state index contributed by atoms with van der Waals surface area (Å²) in [6.45, 7) is 0.677. The predicted octanol–water partition coefficient (Wildman–Crippen LogP) is 0.294. The highest BCUT2D eigenvalue weighted by Gasteiger charge is 2.11. The molecule has 1 aromatic heterocycles. The molecule has 8 heteroatoms. The fraction of sp³-hybridized carbons (Fsp3) is 0.182. The summed E-state index contributed by atoms with van der Waals surface area (Å²) in [5.74, 6) is 0. The first-order valence-electron chi connectivity index (χ1n) is 5.60. The Morgan fingerprint density at radius 2 is 2.16 bits per heavy atom. The minimum Gasteiger partial charge on any atom is -0.398 e. The minimum absolute atomic E-state index is 0.0633. The van der Waals surface area contributed by atoms with Gasteiger partial charge in [0.15, 0.2) is 0 Å². The summed E-state index contributed by atoms with van der Waals surface area (Å²) in [5.41, 5.74) is 7.55. The van der Waals surface area contributed by atoms with Crippen LogP contribution in [0.1, 0.15) is 5.69 Å².